The number of carbonyl (C=O) groups excluding carboxylic acids is 1. The number of anilines is 1. The maximum absolute atomic E-state index is 14.6. The second kappa shape index (κ2) is 7.15. The molecule has 0 atom stereocenters. The van der Waals surface area contributed by atoms with Crippen LogP contribution in [-0.4, -0.2) is 30.7 Å². The van der Waals surface area contributed by atoms with E-state index < -0.39 is 11.7 Å². The van der Waals surface area contributed by atoms with Crippen molar-refractivity contribution in [3.8, 4) is 0 Å². The van der Waals surface area contributed by atoms with Gasteiger partial charge in [-0.1, -0.05) is 13.0 Å². The molecule has 0 aliphatic heterocycles. The molecule has 0 aliphatic carbocycles. The summed E-state index contributed by atoms with van der Waals surface area (Å²) in [6.45, 7) is 2.03. The van der Waals surface area contributed by atoms with Crippen LogP contribution in [-0.2, 0) is 12.8 Å². The van der Waals surface area contributed by atoms with Gasteiger partial charge in [0.25, 0.3) is 0 Å². The van der Waals surface area contributed by atoms with Crippen LogP contribution in [0.25, 0.3) is 11.0 Å². The molecule has 4 rings (SSSR count). The van der Waals surface area contributed by atoms with Crippen LogP contribution in [0.3, 0.4) is 0 Å². The summed E-state index contributed by atoms with van der Waals surface area (Å²) in [7, 11) is 0. The molecule has 3 N–H and O–H groups in total. The first-order chi connectivity index (χ1) is 13.6. The summed E-state index contributed by atoms with van der Waals surface area (Å²) in [6.07, 6.45) is 5.78. The summed E-state index contributed by atoms with van der Waals surface area (Å²) in [4.78, 5) is 31.9. The first-order valence-electron chi connectivity index (χ1n) is 8.78. The fourth-order valence-corrected chi connectivity index (χ4v) is 3.03. The molecular weight excluding hydrogens is 359 g/mol. The van der Waals surface area contributed by atoms with Crippen LogP contribution < -0.4 is 5.73 Å². The molecule has 0 aromatic carbocycles. The minimum Gasteiger partial charge on any atom is -0.383 e. The molecule has 28 heavy (non-hydrogen) atoms. The topological polar surface area (TPSA) is 110 Å². The minimum absolute atomic E-state index is 0.132. The number of hydrogen-bond donors (Lipinski definition) is 2. The molecule has 0 spiro atoms. The molecule has 0 bridgehead atoms. The van der Waals surface area contributed by atoms with Crippen LogP contribution in [0.2, 0.25) is 0 Å². The zero-order chi connectivity index (χ0) is 19.7. The van der Waals surface area contributed by atoms with Gasteiger partial charge in [0.2, 0.25) is 5.95 Å². The van der Waals surface area contributed by atoms with Gasteiger partial charge in [-0.25, -0.2) is 15.0 Å². The highest BCUT2D eigenvalue weighted by Crippen LogP contribution is 2.24. The molecule has 0 aliphatic rings. The van der Waals surface area contributed by atoms with Crippen molar-refractivity contribution in [2.45, 2.75) is 19.8 Å². The number of nitrogens with one attached hydrogen (secondary N) is 1. The molecule has 8 heteroatoms. The van der Waals surface area contributed by atoms with Gasteiger partial charge in [0.1, 0.15) is 17.8 Å². The van der Waals surface area contributed by atoms with Crippen molar-refractivity contribution < 1.29 is 9.18 Å². The number of nitrogens with zero attached hydrogens (tertiary/aromatic N) is 4. The Hall–Kier alpha value is -3.68. The number of aromatic amines is 1. The number of nitrogen functional groups attached to an aromatic ring is 1. The van der Waals surface area contributed by atoms with E-state index >= 15 is 0 Å². The third-order valence-electron chi connectivity index (χ3n) is 4.53. The standard InChI is InChI=1S/C20H17FN6O/c1-2-12-4-3-11(8-23-12)7-13-5-6-14(18(21)27-13)17(28)15-9-24-20-16(15)19(22)25-10-26-20/h3-6,8-10H,2,7H2,1H3,(H3,22,24,25,26). The third kappa shape index (κ3) is 3.20. The van der Waals surface area contributed by atoms with Crippen molar-refractivity contribution in [2.75, 3.05) is 5.73 Å². The van der Waals surface area contributed by atoms with Gasteiger partial charge < -0.3 is 10.7 Å². The highest BCUT2D eigenvalue weighted by atomic mass is 19.1. The maximum atomic E-state index is 14.6. The number of aromatic nitrogens is 5. The van der Waals surface area contributed by atoms with E-state index in [-0.39, 0.29) is 16.9 Å². The summed E-state index contributed by atoms with van der Waals surface area (Å²) >= 11 is 0. The normalized spacial score (nSPS) is 11.1. The Morgan fingerprint density at radius 2 is 1.93 bits per heavy atom. The van der Waals surface area contributed by atoms with Crippen LogP contribution in [0.4, 0.5) is 10.2 Å². The molecule has 0 amide bonds. The Morgan fingerprint density at radius 3 is 2.64 bits per heavy atom. The Balaban J connectivity index is 1.62. The van der Waals surface area contributed by atoms with Gasteiger partial charge in [0, 0.05) is 30.2 Å². The van der Waals surface area contributed by atoms with Crippen LogP contribution in [0.15, 0.2) is 43.0 Å². The Labute approximate surface area is 159 Å². The minimum atomic E-state index is -0.828. The summed E-state index contributed by atoms with van der Waals surface area (Å²) in [5, 5.41) is 0.373. The van der Waals surface area contributed by atoms with Crippen LogP contribution >= 0.6 is 0 Å². The first-order valence-corrected chi connectivity index (χ1v) is 8.78. The van der Waals surface area contributed by atoms with Crippen LogP contribution in [0, 0.1) is 5.95 Å². The number of fused-ring (bicyclic) bond motifs is 1. The van der Waals surface area contributed by atoms with E-state index in [2.05, 4.69) is 24.9 Å². The number of ketones is 1. The molecule has 4 aromatic rings. The quantitative estimate of drug-likeness (QED) is 0.409. The SMILES string of the molecule is CCc1ccc(Cc2ccc(C(=O)c3c[nH]c4ncnc(N)c34)c(F)n2)cn1. The molecule has 0 unspecified atom stereocenters. The Bertz CT molecular complexity index is 1170. The van der Waals surface area contributed by atoms with Crippen molar-refractivity contribution in [1.29, 1.82) is 0 Å². The van der Waals surface area contributed by atoms with Gasteiger partial charge in [-0.05, 0) is 30.2 Å². The average molecular weight is 376 g/mol. The van der Waals surface area contributed by atoms with Crippen molar-refractivity contribution in [3.05, 3.63) is 77.0 Å². The van der Waals surface area contributed by atoms with Crippen LogP contribution in [0.5, 0.6) is 0 Å². The van der Waals surface area contributed by atoms with Gasteiger partial charge >= 0.3 is 0 Å². The molecule has 0 fully saturated rings. The number of aryl methyl sites for hydroxylation is 1. The summed E-state index contributed by atoms with van der Waals surface area (Å²) in [5.74, 6) is -1.20. The molecule has 0 saturated heterocycles. The van der Waals surface area contributed by atoms with Gasteiger partial charge in [-0.15, -0.1) is 0 Å². The zero-order valence-corrected chi connectivity index (χ0v) is 15.1. The molecule has 0 radical (unpaired) electrons. The van der Waals surface area contributed by atoms with E-state index in [9.17, 15) is 9.18 Å². The lowest BCUT2D eigenvalue weighted by Crippen LogP contribution is -2.08. The van der Waals surface area contributed by atoms with Crippen molar-refractivity contribution in [1.82, 2.24) is 24.9 Å². The molecule has 4 heterocycles. The van der Waals surface area contributed by atoms with Gasteiger partial charge in [-0.2, -0.15) is 4.39 Å². The monoisotopic (exact) mass is 376 g/mol. The van der Waals surface area contributed by atoms with Gasteiger partial charge in [-0.3, -0.25) is 9.78 Å². The zero-order valence-electron chi connectivity index (χ0n) is 15.1. The third-order valence-corrected chi connectivity index (χ3v) is 4.53. The predicted octanol–water partition coefficient (Wildman–Crippen LogP) is 2.85. The fraction of sp³-hybridized carbons (Fsp3) is 0.150. The number of pyridine rings is 2. The summed E-state index contributed by atoms with van der Waals surface area (Å²) in [6, 6.07) is 6.96. The maximum Gasteiger partial charge on any atom is 0.224 e. The second-order valence-electron chi connectivity index (χ2n) is 6.34. The number of nitrogens with two attached hydrogens (primary N) is 1. The first kappa shape index (κ1) is 17.7. The van der Waals surface area contributed by atoms with Gasteiger partial charge in [0.15, 0.2) is 5.78 Å². The van der Waals surface area contributed by atoms with E-state index in [1.165, 1.54) is 18.6 Å². The molecular formula is C20H17FN6O. The lowest BCUT2D eigenvalue weighted by Gasteiger charge is -2.06. The summed E-state index contributed by atoms with van der Waals surface area (Å²) < 4.78 is 14.6. The van der Waals surface area contributed by atoms with Crippen molar-refractivity contribution in [3.63, 3.8) is 0 Å². The Morgan fingerprint density at radius 1 is 1.11 bits per heavy atom. The highest BCUT2D eigenvalue weighted by molar-refractivity contribution is 6.17. The number of H-pyrrole nitrogens is 1. The van der Waals surface area contributed by atoms with E-state index in [4.69, 9.17) is 5.73 Å². The number of halogens is 1. The fourth-order valence-electron chi connectivity index (χ4n) is 3.03. The number of hydrogen-bond acceptors (Lipinski definition) is 6. The van der Waals surface area contributed by atoms with Crippen molar-refractivity contribution >= 4 is 22.6 Å². The van der Waals surface area contributed by atoms with E-state index in [0.29, 0.717) is 23.1 Å². The Kier molecular flexibility index (Phi) is 4.52. The number of carbonyl (C=O) groups is 1. The van der Waals surface area contributed by atoms with E-state index in [1.807, 2.05) is 19.1 Å². The van der Waals surface area contributed by atoms with E-state index in [1.54, 1.807) is 12.3 Å². The second-order valence-corrected chi connectivity index (χ2v) is 6.34. The van der Waals surface area contributed by atoms with E-state index in [0.717, 1.165) is 17.7 Å². The number of rotatable bonds is 5. The molecule has 4 aromatic heterocycles. The molecule has 0 saturated carbocycles. The lowest BCUT2D eigenvalue weighted by molar-refractivity contribution is 0.103. The molecule has 7 nitrogen and oxygen atoms in total. The predicted molar refractivity (Wildman–Crippen MR) is 102 cm³/mol. The smallest absolute Gasteiger partial charge is 0.224 e. The highest BCUT2D eigenvalue weighted by Gasteiger charge is 2.21. The lowest BCUT2D eigenvalue weighted by atomic mass is 10.0. The van der Waals surface area contributed by atoms with Gasteiger partial charge in [0.05, 0.1) is 16.5 Å². The summed E-state index contributed by atoms with van der Waals surface area (Å²) in [5.41, 5.74) is 8.77. The largest absolute Gasteiger partial charge is 0.383 e. The van der Waals surface area contributed by atoms with Crippen LogP contribution in [0.1, 0.15) is 39.8 Å². The average Bonchev–Trinajstić information content (AvgIpc) is 3.14. The molecule has 140 valence electrons. The van der Waals surface area contributed by atoms with Crippen molar-refractivity contribution in [2.24, 2.45) is 0 Å².